The molecule has 1 aliphatic heterocycles. The van der Waals surface area contributed by atoms with Crippen molar-refractivity contribution in [3.8, 4) is 5.75 Å². The van der Waals surface area contributed by atoms with E-state index in [1.807, 2.05) is 0 Å². The number of alkyl halides is 3. The maximum Gasteiger partial charge on any atom is 0.573 e. The van der Waals surface area contributed by atoms with E-state index in [2.05, 4.69) is 20.3 Å². The summed E-state index contributed by atoms with van der Waals surface area (Å²) in [4.78, 5) is 14.5. The number of ether oxygens (including phenoxy) is 1. The Morgan fingerprint density at radius 1 is 1.12 bits per heavy atom. The van der Waals surface area contributed by atoms with Crippen LogP contribution in [0.1, 0.15) is 25.7 Å². The minimum atomic E-state index is -4.72. The van der Waals surface area contributed by atoms with Gasteiger partial charge in [0.15, 0.2) is 0 Å². The Hall–Kier alpha value is -1.96. The molecule has 0 radical (unpaired) electrons. The van der Waals surface area contributed by atoms with Gasteiger partial charge in [-0.3, -0.25) is 0 Å². The van der Waals surface area contributed by atoms with E-state index in [0.29, 0.717) is 5.69 Å². The smallest absolute Gasteiger partial charge is 0.406 e. The molecule has 138 valence electrons. The second-order valence-electron chi connectivity index (χ2n) is 6.69. The van der Waals surface area contributed by atoms with Crippen molar-refractivity contribution in [2.75, 3.05) is 25.0 Å². The number of halogens is 3. The highest BCUT2D eigenvalue weighted by atomic mass is 19.4. The molecule has 2 amide bonds. The lowest BCUT2D eigenvalue weighted by atomic mass is 10.0. The Kier molecular flexibility index (Phi) is 5.36. The van der Waals surface area contributed by atoms with Crippen LogP contribution in [0.5, 0.6) is 5.75 Å². The van der Waals surface area contributed by atoms with E-state index in [1.165, 1.54) is 43.7 Å². The van der Waals surface area contributed by atoms with Gasteiger partial charge in [-0.1, -0.05) is 0 Å². The zero-order valence-electron chi connectivity index (χ0n) is 13.8. The average Bonchev–Trinajstić information content (AvgIpc) is 3.34. The van der Waals surface area contributed by atoms with Gasteiger partial charge in [-0.2, -0.15) is 0 Å². The van der Waals surface area contributed by atoms with Crippen LogP contribution in [-0.2, 0) is 0 Å². The third-order valence-electron chi connectivity index (χ3n) is 4.48. The molecule has 0 unspecified atom stereocenters. The van der Waals surface area contributed by atoms with E-state index in [9.17, 15) is 18.0 Å². The number of urea groups is 1. The first-order valence-corrected chi connectivity index (χ1v) is 8.53. The number of benzene rings is 1. The molecule has 1 heterocycles. The second kappa shape index (κ2) is 7.51. The first kappa shape index (κ1) is 17.8. The first-order valence-electron chi connectivity index (χ1n) is 8.53. The Bertz CT molecular complexity index is 580. The molecule has 0 spiro atoms. The molecule has 0 bridgehead atoms. The van der Waals surface area contributed by atoms with Crippen molar-refractivity contribution >= 4 is 11.7 Å². The molecule has 2 fully saturated rings. The number of rotatable bonds is 5. The Labute approximate surface area is 144 Å². The summed E-state index contributed by atoms with van der Waals surface area (Å²) in [6, 6.07) is 4.87. The number of amides is 2. The van der Waals surface area contributed by atoms with Gasteiger partial charge in [-0.15, -0.1) is 13.2 Å². The minimum Gasteiger partial charge on any atom is -0.406 e. The summed E-state index contributed by atoms with van der Waals surface area (Å²) < 4.78 is 40.1. The van der Waals surface area contributed by atoms with Crippen LogP contribution in [-0.4, -0.2) is 43.0 Å². The van der Waals surface area contributed by atoms with Crippen LogP contribution in [0.4, 0.5) is 23.7 Å². The molecule has 2 aliphatic rings. The lowest BCUT2D eigenvalue weighted by molar-refractivity contribution is -0.274. The Morgan fingerprint density at radius 2 is 1.76 bits per heavy atom. The van der Waals surface area contributed by atoms with Crippen LogP contribution in [0.3, 0.4) is 0 Å². The fraction of sp³-hybridized carbons (Fsp3) is 0.588. The van der Waals surface area contributed by atoms with E-state index in [-0.39, 0.29) is 17.8 Å². The molecule has 1 aromatic rings. The molecule has 5 nitrogen and oxygen atoms in total. The van der Waals surface area contributed by atoms with Crippen molar-refractivity contribution in [3.05, 3.63) is 24.3 Å². The first-order chi connectivity index (χ1) is 11.9. The van der Waals surface area contributed by atoms with Gasteiger partial charge in [-0.25, -0.2) is 4.79 Å². The SMILES string of the molecule is O=C(Nc1ccc(OC(F)(F)F)cc1)NC1CCN(CC2CC2)CC1. The van der Waals surface area contributed by atoms with Gasteiger partial charge in [0.2, 0.25) is 0 Å². The quantitative estimate of drug-likeness (QED) is 0.847. The summed E-state index contributed by atoms with van der Waals surface area (Å²) in [7, 11) is 0. The molecule has 8 heteroatoms. The third-order valence-corrected chi connectivity index (χ3v) is 4.48. The number of nitrogens with zero attached hydrogens (tertiary/aromatic N) is 1. The van der Waals surface area contributed by atoms with E-state index >= 15 is 0 Å². The van der Waals surface area contributed by atoms with Gasteiger partial charge in [0.05, 0.1) is 0 Å². The molecule has 1 saturated heterocycles. The van der Waals surface area contributed by atoms with Crippen LogP contribution in [0.15, 0.2) is 24.3 Å². The van der Waals surface area contributed by atoms with Crippen LogP contribution < -0.4 is 15.4 Å². The highest BCUT2D eigenvalue weighted by Gasteiger charge is 2.31. The lowest BCUT2D eigenvalue weighted by Gasteiger charge is -2.32. The Balaban J connectivity index is 1.40. The maximum absolute atomic E-state index is 12.1. The number of carbonyl (C=O) groups is 1. The van der Waals surface area contributed by atoms with E-state index in [1.54, 1.807) is 0 Å². The molecule has 3 rings (SSSR count). The minimum absolute atomic E-state index is 0.128. The van der Waals surface area contributed by atoms with Gasteiger partial charge in [-0.05, 0) is 55.9 Å². The highest BCUT2D eigenvalue weighted by molar-refractivity contribution is 5.89. The van der Waals surface area contributed by atoms with Gasteiger partial charge in [0, 0.05) is 31.4 Å². The van der Waals surface area contributed by atoms with Gasteiger partial charge >= 0.3 is 12.4 Å². The molecular formula is C17H22F3N3O2. The molecule has 25 heavy (non-hydrogen) atoms. The number of hydrogen-bond acceptors (Lipinski definition) is 3. The van der Waals surface area contributed by atoms with Crippen molar-refractivity contribution in [2.45, 2.75) is 38.1 Å². The van der Waals surface area contributed by atoms with Crippen LogP contribution in [0, 0.1) is 5.92 Å². The van der Waals surface area contributed by atoms with Crippen LogP contribution >= 0.6 is 0 Å². The predicted octanol–water partition coefficient (Wildman–Crippen LogP) is 3.58. The fourth-order valence-corrected chi connectivity index (χ4v) is 3.02. The Morgan fingerprint density at radius 3 is 2.32 bits per heavy atom. The van der Waals surface area contributed by atoms with E-state index < -0.39 is 6.36 Å². The topological polar surface area (TPSA) is 53.6 Å². The molecule has 0 aromatic heterocycles. The molecule has 1 aromatic carbocycles. The maximum atomic E-state index is 12.1. The monoisotopic (exact) mass is 357 g/mol. The summed E-state index contributed by atoms with van der Waals surface area (Å²) >= 11 is 0. The molecule has 1 saturated carbocycles. The molecule has 2 N–H and O–H groups in total. The fourth-order valence-electron chi connectivity index (χ4n) is 3.02. The number of nitrogens with one attached hydrogen (secondary N) is 2. The summed E-state index contributed by atoms with van der Waals surface area (Å²) in [5.41, 5.74) is 0.415. The van der Waals surface area contributed by atoms with E-state index in [0.717, 1.165) is 31.8 Å². The number of likely N-dealkylation sites (tertiary alicyclic amines) is 1. The molecule has 0 atom stereocenters. The number of carbonyl (C=O) groups excluding carboxylic acids is 1. The van der Waals surface area contributed by atoms with Crippen LogP contribution in [0.2, 0.25) is 0 Å². The van der Waals surface area contributed by atoms with Gasteiger partial charge in [0.25, 0.3) is 0 Å². The molecule has 1 aliphatic carbocycles. The largest absolute Gasteiger partial charge is 0.573 e. The van der Waals surface area contributed by atoms with E-state index in [4.69, 9.17) is 0 Å². The standard InChI is InChI=1S/C17H22F3N3O2/c18-17(19,20)25-15-5-3-13(4-6-15)21-16(24)22-14-7-9-23(10-8-14)11-12-1-2-12/h3-6,12,14H,1-2,7-11H2,(H2,21,22,24). The molecular weight excluding hydrogens is 335 g/mol. The normalized spacial score (nSPS) is 19.5. The summed E-state index contributed by atoms with van der Waals surface area (Å²) in [5.74, 6) is 0.554. The van der Waals surface area contributed by atoms with Crippen molar-refractivity contribution in [2.24, 2.45) is 5.92 Å². The summed E-state index contributed by atoms with van der Waals surface area (Å²) in [6.07, 6.45) is -0.210. The van der Waals surface area contributed by atoms with Crippen LogP contribution in [0.25, 0.3) is 0 Å². The van der Waals surface area contributed by atoms with Gasteiger partial charge < -0.3 is 20.3 Å². The number of anilines is 1. The van der Waals surface area contributed by atoms with Crippen molar-refractivity contribution in [1.82, 2.24) is 10.2 Å². The summed E-state index contributed by atoms with van der Waals surface area (Å²) in [5, 5.41) is 5.55. The van der Waals surface area contributed by atoms with Crippen molar-refractivity contribution < 1.29 is 22.7 Å². The third kappa shape index (κ3) is 6.12. The van der Waals surface area contributed by atoms with Crippen molar-refractivity contribution in [1.29, 1.82) is 0 Å². The zero-order valence-corrected chi connectivity index (χ0v) is 13.8. The zero-order chi connectivity index (χ0) is 17.9. The number of piperidine rings is 1. The average molecular weight is 357 g/mol. The number of hydrogen-bond donors (Lipinski definition) is 2. The highest BCUT2D eigenvalue weighted by Crippen LogP contribution is 2.30. The van der Waals surface area contributed by atoms with Gasteiger partial charge in [0.1, 0.15) is 5.75 Å². The lowest BCUT2D eigenvalue weighted by Crippen LogP contribution is -2.46. The summed E-state index contributed by atoms with van der Waals surface area (Å²) in [6.45, 7) is 3.15. The predicted molar refractivity (Wildman–Crippen MR) is 87.5 cm³/mol. The van der Waals surface area contributed by atoms with Crippen molar-refractivity contribution in [3.63, 3.8) is 0 Å². The second-order valence-corrected chi connectivity index (χ2v) is 6.69.